The molecule has 0 bridgehead atoms. The van der Waals surface area contributed by atoms with E-state index in [9.17, 15) is 13.2 Å². The highest BCUT2D eigenvalue weighted by molar-refractivity contribution is 9.10. The van der Waals surface area contributed by atoms with Crippen molar-refractivity contribution in [2.45, 2.75) is 11.4 Å². The zero-order valence-electron chi connectivity index (χ0n) is 18.9. The summed E-state index contributed by atoms with van der Waals surface area (Å²) >= 11 is 9.24. The summed E-state index contributed by atoms with van der Waals surface area (Å²) in [5.74, 6) is 0.471. The van der Waals surface area contributed by atoms with Crippen LogP contribution in [0, 0.1) is 0 Å². The summed E-state index contributed by atoms with van der Waals surface area (Å²) in [6.45, 7) is -0.466. The molecular formula is C24H23BrClN3O5S. The highest BCUT2D eigenvalue weighted by atomic mass is 79.9. The van der Waals surface area contributed by atoms with E-state index in [1.807, 2.05) is 0 Å². The lowest BCUT2D eigenvalue weighted by atomic mass is 10.2. The second-order valence-electron chi connectivity index (χ2n) is 7.26. The number of halogens is 2. The van der Waals surface area contributed by atoms with Crippen molar-refractivity contribution in [3.8, 4) is 11.5 Å². The Balaban J connectivity index is 1.77. The Morgan fingerprint density at radius 1 is 1.03 bits per heavy atom. The standard InChI is InChI=1S/C24H23BrClN3O5S/c1-33-22-12-5-18(13-23(22)34-2)14-27-28-24(30)16-29(15-17-3-8-20(26)9-4-17)35(31,32)21-10-6-19(25)7-11-21/h3-14H,15-16H2,1-2H3,(H,28,30)/b27-14-. The predicted octanol–water partition coefficient (Wildman–Crippen LogP) is 4.46. The lowest BCUT2D eigenvalue weighted by Crippen LogP contribution is -2.39. The zero-order valence-corrected chi connectivity index (χ0v) is 22.1. The largest absolute Gasteiger partial charge is 0.493 e. The van der Waals surface area contributed by atoms with E-state index in [-0.39, 0.29) is 11.4 Å². The number of amides is 1. The number of hydrazone groups is 1. The van der Waals surface area contributed by atoms with Crippen LogP contribution in [0.25, 0.3) is 0 Å². The van der Waals surface area contributed by atoms with Gasteiger partial charge in [-0.3, -0.25) is 4.79 Å². The van der Waals surface area contributed by atoms with E-state index in [1.165, 1.54) is 32.6 Å². The molecule has 0 aromatic heterocycles. The van der Waals surface area contributed by atoms with Crippen LogP contribution in [0.3, 0.4) is 0 Å². The molecule has 0 unspecified atom stereocenters. The van der Waals surface area contributed by atoms with Crippen molar-refractivity contribution in [3.05, 3.63) is 87.4 Å². The summed E-state index contributed by atoms with van der Waals surface area (Å²) in [7, 11) is -0.931. The van der Waals surface area contributed by atoms with Crippen LogP contribution < -0.4 is 14.9 Å². The van der Waals surface area contributed by atoms with E-state index in [4.69, 9.17) is 21.1 Å². The highest BCUT2D eigenvalue weighted by Crippen LogP contribution is 2.27. The first-order valence-corrected chi connectivity index (χ1v) is 12.9. The molecular weight excluding hydrogens is 558 g/mol. The molecule has 0 aliphatic heterocycles. The minimum absolute atomic E-state index is 0.0254. The van der Waals surface area contributed by atoms with Crippen LogP contribution in [0.4, 0.5) is 0 Å². The van der Waals surface area contributed by atoms with Gasteiger partial charge in [-0.05, 0) is 65.7 Å². The van der Waals surface area contributed by atoms with Gasteiger partial charge in [0.2, 0.25) is 10.0 Å². The number of sulfonamides is 1. The number of hydrogen-bond acceptors (Lipinski definition) is 6. The van der Waals surface area contributed by atoms with Crippen LogP contribution in [0.15, 0.2) is 81.2 Å². The number of nitrogens with zero attached hydrogens (tertiary/aromatic N) is 2. The molecule has 0 heterocycles. The number of benzene rings is 3. The van der Waals surface area contributed by atoms with E-state index in [0.29, 0.717) is 27.6 Å². The number of hydrogen-bond donors (Lipinski definition) is 1. The highest BCUT2D eigenvalue weighted by Gasteiger charge is 2.27. The molecule has 0 saturated carbocycles. The normalized spacial score (nSPS) is 11.6. The van der Waals surface area contributed by atoms with Crippen molar-refractivity contribution >= 4 is 49.7 Å². The Hall–Kier alpha value is -2.92. The molecule has 35 heavy (non-hydrogen) atoms. The fraction of sp³-hybridized carbons (Fsp3) is 0.167. The summed E-state index contributed by atoms with van der Waals surface area (Å²) < 4.78 is 38.9. The number of carbonyl (C=O) groups excluding carboxylic acids is 1. The van der Waals surface area contributed by atoms with Crippen LogP contribution in [0.1, 0.15) is 11.1 Å². The van der Waals surface area contributed by atoms with Gasteiger partial charge in [0.1, 0.15) is 0 Å². The fourth-order valence-electron chi connectivity index (χ4n) is 3.08. The molecule has 0 saturated heterocycles. The maximum atomic E-state index is 13.3. The lowest BCUT2D eigenvalue weighted by Gasteiger charge is -2.21. The maximum Gasteiger partial charge on any atom is 0.255 e. The van der Waals surface area contributed by atoms with Crippen LogP contribution in [-0.2, 0) is 21.4 Å². The summed E-state index contributed by atoms with van der Waals surface area (Å²) in [6.07, 6.45) is 1.42. The van der Waals surface area contributed by atoms with Crippen molar-refractivity contribution in [2.24, 2.45) is 5.10 Å². The van der Waals surface area contributed by atoms with Crippen LogP contribution in [0.2, 0.25) is 5.02 Å². The molecule has 11 heteroatoms. The van der Waals surface area contributed by atoms with E-state index >= 15 is 0 Å². The zero-order chi connectivity index (χ0) is 25.4. The average molecular weight is 581 g/mol. The second-order valence-corrected chi connectivity index (χ2v) is 10.6. The van der Waals surface area contributed by atoms with Crippen LogP contribution in [0.5, 0.6) is 11.5 Å². The summed E-state index contributed by atoms with van der Waals surface area (Å²) in [5, 5.41) is 4.47. The molecule has 0 fully saturated rings. The van der Waals surface area contributed by atoms with Gasteiger partial charge in [-0.25, -0.2) is 13.8 Å². The van der Waals surface area contributed by atoms with E-state index < -0.39 is 22.5 Å². The third-order valence-electron chi connectivity index (χ3n) is 4.85. The van der Waals surface area contributed by atoms with Gasteiger partial charge in [0.25, 0.3) is 5.91 Å². The summed E-state index contributed by atoms with van der Waals surface area (Å²) in [6, 6.07) is 18.1. The first-order chi connectivity index (χ1) is 16.7. The van der Waals surface area contributed by atoms with Gasteiger partial charge in [0, 0.05) is 16.0 Å². The van der Waals surface area contributed by atoms with Crippen LogP contribution >= 0.6 is 27.5 Å². The predicted molar refractivity (Wildman–Crippen MR) is 138 cm³/mol. The number of rotatable bonds is 10. The third-order valence-corrected chi connectivity index (χ3v) is 7.44. The Labute approximate surface area is 217 Å². The molecule has 3 aromatic rings. The van der Waals surface area contributed by atoms with Gasteiger partial charge in [0.15, 0.2) is 11.5 Å². The van der Waals surface area contributed by atoms with Gasteiger partial charge in [-0.1, -0.05) is 39.7 Å². The van der Waals surface area contributed by atoms with Crippen LogP contribution in [-0.4, -0.2) is 45.6 Å². The second kappa shape index (κ2) is 12.2. The third kappa shape index (κ3) is 7.28. The molecule has 0 atom stereocenters. The number of nitrogens with one attached hydrogen (secondary N) is 1. The molecule has 3 rings (SSSR count). The minimum atomic E-state index is -3.98. The molecule has 184 valence electrons. The minimum Gasteiger partial charge on any atom is -0.493 e. The van der Waals surface area contributed by atoms with Gasteiger partial charge in [-0.15, -0.1) is 0 Å². The number of methoxy groups -OCH3 is 2. The molecule has 1 amide bonds. The first-order valence-electron chi connectivity index (χ1n) is 10.3. The van der Waals surface area contributed by atoms with E-state index in [0.717, 1.165) is 8.78 Å². The quantitative estimate of drug-likeness (QED) is 0.282. The van der Waals surface area contributed by atoms with Crippen molar-refractivity contribution < 1.29 is 22.7 Å². The number of ether oxygens (including phenoxy) is 2. The summed E-state index contributed by atoms with van der Waals surface area (Å²) in [4.78, 5) is 12.7. The fourth-order valence-corrected chi connectivity index (χ4v) is 4.86. The molecule has 8 nitrogen and oxygen atoms in total. The first kappa shape index (κ1) is 26.7. The van der Waals surface area contributed by atoms with Gasteiger partial charge >= 0.3 is 0 Å². The molecule has 3 aromatic carbocycles. The van der Waals surface area contributed by atoms with E-state index in [1.54, 1.807) is 54.6 Å². The van der Waals surface area contributed by atoms with Gasteiger partial charge < -0.3 is 9.47 Å². The maximum absolute atomic E-state index is 13.3. The lowest BCUT2D eigenvalue weighted by molar-refractivity contribution is -0.121. The Morgan fingerprint density at radius 3 is 2.31 bits per heavy atom. The average Bonchev–Trinajstić information content (AvgIpc) is 2.85. The van der Waals surface area contributed by atoms with Crippen molar-refractivity contribution in [1.29, 1.82) is 0 Å². The monoisotopic (exact) mass is 579 g/mol. The topological polar surface area (TPSA) is 97.3 Å². The van der Waals surface area contributed by atoms with Crippen molar-refractivity contribution in [3.63, 3.8) is 0 Å². The Kier molecular flexibility index (Phi) is 9.27. The molecule has 1 N–H and O–H groups in total. The van der Waals surface area contributed by atoms with E-state index in [2.05, 4.69) is 26.5 Å². The smallest absolute Gasteiger partial charge is 0.255 e. The molecule has 0 radical (unpaired) electrons. The SMILES string of the molecule is COc1ccc(/C=N\NC(=O)CN(Cc2ccc(Cl)cc2)S(=O)(=O)c2ccc(Br)cc2)cc1OC. The molecule has 0 aliphatic rings. The van der Waals surface area contributed by atoms with Crippen molar-refractivity contribution in [1.82, 2.24) is 9.73 Å². The molecule has 0 aliphatic carbocycles. The van der Waals surface area contributed by atoms with Gasteiger partial charge in [-0.2, -0.15) is 9.41 Å². The summed E-state index contributed by atoms with van der Waals surface area (Å²) in [5.41, 5.74) is 3.71. The Bertz CT molecular complexity index is 1300. The Morgan fingerprint density at radius 2 is 1.69 bits per heavy atom. The molecule has 0 spiro atoms. The number of carbonyl (C=O) groups is 1. The van der Waals surface area contributed by atoms with Crippen molar-refractivity contribution in [2.75, 3.05) is 20.8 Å². The van der Waals surface area contributed by atoms with Gasteiger partial charge in [0.05, 0.1) is 31.9 Å².